The lowest BCUT2D eigenvalue weighted by molar-refractivity contribution is 0.0522. The highest BCUT2D eigenvalue weighted by atomic mass is 79.9. The molecule has 1 aromatic carbocycles. The number of amides is 1. The van der Waals surface area contributed by atoms with E-state index in [1.54, 1.807) is 32.9 Å². The van der Waals surface area contributed by atoms with E-state index in [-0.39, 0.29) is 12.4 Å². The fourth-order valence-corrected chi connectivity index (χ4v) is 2.30. The average Bonchev–Trinajstić information content (AvgIpc) is 2.90. The lowest BCUT2D eigenvalue weighted by Gasteiger charge is -2.19. The van der Waals surface area contributed by atoms with Gasteiger partial charge in [0.25, 0.3) is 0 Å². The fourth-order valence-electron chi connectivity index (χ4n) is 1.97. The van der Waals surface area contributed by atoms with E-state index in [0.29, 0.717) is 34.5 Å². The van der Waals surface area contributed by atoms with E-state index in [1.807, 2.05) is 0 Å². The van der Waals surface area contributed by atoms with Crippen LogP contribution in [-0.2, 0) is 24.1 Å². The summed E-state index contributed by atoms with van der Waals surface area (Å²) in [5.41, 5.74) is 0.0576. The number of hydrogen-bond acceptors (Lipinski definition) is 4. The molecule has 0 unspecified atom stereocenters. The van der Waals surface area contributed by atoms with Crippen LogP contribution in [0.25, 0.3) is 0 Å². The molecule has 1 amide bonds. The number of alkyl carbamates (subject to hydrolysis) is 1. The van der Waals surface area contributed by atoms with Crippen molar-refractivity contribution >= 4 is 22.0 Å². The van der Waals surface area contributed by atoms with Crippen molar-refractivity contribution in [3.05, 3.63) is 45.7 Å². The standard InChI is InChI=1S/C16H20BrFN4O2/c1-16(2,3)24-15(23)19-9-14-20-13(21-22-14)7-5-10-4-6-11(17)8-12(10)18/h4,6,8H,5,7,9H2,1-3H3,(H,19,23)(H,20,21,22). The minimum Gasteiger partial charge on any atom is -0.444 e. The number of aryl methyl sites for hydroxylation is 2. The Labute approximate surface area is 148 Å². The van der Waals surface area contributed by atoms with E-state index >= 15 is 0 Å². The van der Waals surface area contributed by atoms with Gasteiger partial charge >= 0.3 is 6.09 Å². The van der Waals surface area contributed by atoms with Crippen LogP contribution in [-0.4, -0.2) is 26.9 Å². The second-order valence-corrected chi connectivity index (χ2v) is 7.21. The van der Waals surface area contributed by atoms with Crippen LogP contribution in [0.3, 0.4) is 0 Å². The van der Waals surface area contributed by atoms with Crippen molar-refractivity contribution in [2.24, 2.45) is 0 Å². The number of nitrogens with zero attached hydrogens (tertiary/aromatic N) is 2. The Morgan fingerprint density at radius 1 is 1.38 bits per heavy atom. The maximum atomic E-state index is 13.8. The third-order valence-corrected chi connectivity index (χ3v) is 3.50. The Balaban J connectivity index is 1.83. The topological polar surface area (TPSA) is 79.9 Å². The molecule has 1 heterocycles. The van der Waals surface area contributed by atoms with Crippen LogP contribution in [0, 0.1) is 5.82 Å². The molecule has 0 spiro atoms. The van der Waals surface area contributed by atoms with Crippen molar-refractivity contribution in [2.45, 2.75) is 45.8 Å². The van der Waals surface area contributed by atoms with Gasteiger partial charge in [-0.1, -0.05) is 22.0 Å². The SMILES string of the molecule is CC(C)(C)OC(=O)NCc1nc(CCc2ccc(Br)cc2F)n[nH]1. The molecule has 1 aromatic heterocycles. The molecule has 8 heteroatoms. The largest absolute Gasteiger partial charge is 0.444 e. The van der Waals surface area contributed by atoms with E-state index in [2.05, 4.69) is 36.4 Å². The summed E-state index contributed by atoms with van der Waals surface area (Å²) in [6.45, 7) is 5.57. The third kappa shape index (κ3) is 5.92. The number of carbonyl (C=O) groups excluding carboxylic acids is 1. The van der Waals surface area contributed by atoms with Gasteiger partial charge in [0.05, 0.1) is 6.54 Å². The molecule has 130 valence electrons. The van der Waals surface area contributed by atoms with Crippen LogP contribution in [0.4, 0.5) is 9.18 Å². The van der Waals surface area contributed by atoms with E-state index in [9.17, 15) is 9.18 Å². The van der Waals surface area contributed by atoms with Crippen molar-refractivity contribution in [3.63, 3.8) is 0 Å². The molecule has 0 aliphatic carbocycles. The molecule has 0 radical (unpaired) electrons. The van der Waals surface area contributed by atoms with E-state index in [4.69, 9.17) is 4.74 Å². The highest BCUT2D eigenvalue weighted by Crippen LogP contribution is 2.16. The molecule has 0 fully saturated rings. The first-order valence-electron chi connectivity index (χ1n) is 7.54. The van der Waals surface area contributed by atoms with Gasteiger partial charge < -0.3 is 10.1 Å². The summed E-state index contributed by atoms with van der Waals surface area (Å²) in [6.07, 6.45) is 0.481. The highest BCUT2D eigenvalue weighted by Gasteiger charge is 2.16. The van der Waals surface area contributed by atoms with Crippen molar-refractivity contribution in [2.75, 3.05) is 0 Å². The van der Waals surface area contributed by atoms with Crippen molar-refractivity contribution in [3.8, 4) is 0 Å². The van der Waals surface area contributed by atoms with E-state index in [0.717, 1.165) is 0 Å². The molecule has 0 aliphatic rings. The molecule has 0 saturated carbocycles. The number of aromatic amines is 1. The average molecular weight is 399 g/mol. The number of halogens is 2. The summed E-state index contributed by atoms with van der Waals surface area (Å²) in [6, 6.07) is 4.97. The molecule has 24 heavy (non-hydrogen) atoms. The number of ether oxygens (including phenoxy) is 1. The van der Waals surface area contributed by atoms with Gasteiger partial charge in [-0.15, -0.1) is 0 Å². The van der Waals surface area contributed by atoms with Crippen LogP contribution >= 0.6 is 15.9 Å². The predicted octanol–water partition coefficient (Wildman–Crippen LogP) is 3.52. The lowest BCUT2D eigenvalue weighted by atomic mass is 10.1. The molecule has 0 atom stereocenters. The number of aromatic nitrogens is 3. The zero-order valence-corrected chi connectivity index (χ0v) is 15.4. The molecule has 0 aliphatic heterocycles. The highest BCUT2D eigenvalue weighted by molar-refractivity contribution is 9.10. The molecule has 2 rings (SSSR count). The van der Waals surface area contributed by atoms with Crippen molar-refractivity contribution < 1.29 is 13.9 Å². The number of H-pyrrole nitrogens is 1. The molecule has 0 bridgehead atoms. The monoisotopic (exact) mass is 398 g/mol. The van der Waals surface area contributed by atoms with Crippen LogP contribution < -0.4 is 5.32 Å². The smallest absolute Gasteiger partial charge is 0.408 e. The van der Waals surface area contributed by atoms with Crippen LogP contribution in [0.1, 0.15) is 38.0 Å². The van der Waals surface area contributed by atoms with Gasteiger partial charge in [-0.2, -0.15) is 5.10 Å². The van der Waals surface area contributed by atoms with Crippen molar-refractivity contribution in [1.82, 2.24) is 20.5 Å². The second kappa shape index (κ2) is 7.74. The van der Waals surface area contributed by atoms with Crippen LogP contribution in [0.5, 0.6) is 0 Å². The van der Waals surface area contributed by atoms with Crippen LogP contribution in [0.2, 0.25) is 0 Å². The second-order valence-electron chi connectivity index (χ2n) is 6.29. The molecular formula is C16H20BrFN4O2. The van der Waals surface area contributed by atoms with Gasteiger partial charge in [0, 0.05) is 10.9 Å². The van der Waals surface area contributed by atoms with Gasteiger partial charge in [-0.05, 0) is 44.9 Å². The van der Waals surface area contributed by atoms with Crippen molar-refractivity contribution in [1.29, 1.82) is 0 Å². The summed E-state index contributed by atoms with van der Waals surface area (Å²) in [5.74, 6) is 0.831. The Hall–Kier alpha value is -1.96. The molecular weight excluding hydrogens is 379 g/mol. The Kier molecular flexibility index (Phi) is 5.93. The Morgan fingerprint density at radius 3 is 2.79 bits per heavy atom. The molecule has 6 nitrogen and oxygen atoms in total. The Bertz CT molecular complexity index is 712. The quantitative estimate of drug-likeness (QED) is 0.807. The van der Waals surface area contributed by atoms with Crippen LogP contribution in [0.15, 0.2) is 22.7 Å². The predicted molar refractivity (Wildman–Crippen MR) is 91.0 cm³/mol. The zero-order valence-electron chi connectivity index (χ0n) is 13.8. The van der Waals surface area contributed by atoms with Gasteiger partial charge in [-0.3, -0.25) is 5.10 Å². The summed E-state index contributed by atoms with van der Waals surface area (Å²) in [5, 5.41) is 9.42. The maximum absolute atomic E-state index is 13.8. The summed E-state index contributed by atoms with van der Waals surface area (Å²) < 4.78 is 19.6. The fraction of sp³-hybridized carbons (Fsp3) is 0.438. The number of nitrogens with one attached hydrogen (secondary N) is 2. The Morgan fingerprint density at radius 2 is 2.12 bits per heavy atom. The summed E-state index contributed by atoms with van der Waals surface area (Å²) >= 11 is 3.23. The maximum Gasteiger partial charge on any atom is 0.408 e. The number of benzene rings is 1. The first-order valence-corrected chi connectivity index (χ1v) is 8.33. The summed E-state index contributed by atoms with van der Waals surface area (Å²) in [4.78, 5) is 15.8. The normalized spacial score (nSPS) is 11.4. The van der Waals surface area contributed by atoms with Gasteiger partial charge in [0.1, 0.15) is 17.2 Å². The third-order valence-electron chi connectivity index (χ3n) is 3.01. The van der Waals surface area contributed by atoms with E-state index in [1.165, 1.54) is 6.07 Å². The number of rotatable bonds is 5. The zero-order chi connectivity index (χ0) is 17.7. The number of carbonyl (C=O) groups is 1. The van der Waals surface area contributed by atoms with Gasteiger partial charge in [0.2, 0.25) is 0 Å². The minimum absolute atomic E-state index is 0.189. The number of hydrogen-bond donors (Lipinski definition) is 2. The molecule has 2 N–H and O–H groups in total. The van der Waals surface area contributed by atoms with Gasteiger partial charge in [-0.25, -0.2) is 14.2 Å². The minimum atomic E-state index is -0.550. The molecule has 2 aromatic rings. The first kappa shape index (κ1) is 18.4. The lowest BCUT2D eigenvalue weighted by Crippen LogP contribution is -2.32. The summed E-state index contributed by atoms with van der Waals surface area (Å²) in [7, 11) is 0. The van der Waals surface area contributed by atoms with Gasteiger partial charge in [0.15, 0.2) is 5.82 Å². The molecule has 0 saturated heterocycles. The van der Waals surface area contributed by atoms with E-state index < -0.39 is 11.7 Å². The first-order chi connectivity index (χ1) is 11.2.